The van der Waals surface area contributed by atoms with Crippen molar-refractivity contribution in [1.82, 2.24) is 10.6 Å². The molecule has 150 valence electrons. The van der Waals surface area contributed by atoms with Gasteiger partial charge in [0, 0.05) is 25.2 Å². The first-order valence-electron chi connectivity index (χ1n) is 9.17. The fraction of sp³-hybridized carbons (Fsp3) is 0.350. The Hall–Kier alpha value is -2.97. The number of hydrogen-bond donors (Lipinski definition) is 3. The third-order valence-electron chi connectivity index (χ3n) is 3.89. The first kappa shape index (κ1) is 21.3. The number of aliphatic imine (C=N–C) groups is 1. The molecule has 0 amide bonds. The van der Waals surface area contributed by atoms with E-state index in [0.29, 0.717) is 38.8 Å². The minimum atomic E-state index is -0.419. The lowest BCUT2D eigenvalue weighted by Crippen LogP contribution is -2.40. The van der Waals surface area contributed by atoms with Crippen LogP contribution in [0.25, 0.3) is 0 Å². The summed E-state index contributed by atoms with van der Waals surface area (Å²) in [5.74, 6) is 0.641. The van der Waals surface area contributed by atoms with Crippen molar-refractivity contribution >= 4 is 11.6 Å². The van der Waals surface area contributed by atoms with E-state index < -0.39 is 4.92 Å². The Morgan fingerprint density at radius 3 is 2.39 bits per heavy atom. The summed E-state index contributed by atoms with van der Waals surface area (Å²) in [4.78, 5) is 14.9. The molecule has 2 aromatic rings. The van der Waals surface area contributed by atoms with Crippen LogP contribution in [-0.4, -0.2) is 48.9 Å². The van der Waals surface area contributed by atoms with Gasteiger partial charge in [0.2, 0.25) is 0 Å². The largest absolute Gasteiger partial charge is 0.394 e. The predicted octanol–water partition coefficient (Wildman–Crippen LogP) is 1.88. The second-order valence-corrected chi connectivity index (χ2v) is 6.01. The Labute approximate surface area is 164 Å². The zero-order valence-electron chi connectivity index (χ0n) is 15.7. The third kappa shape index (κ3) is 8.15. The molecule has 0 fully saturated rings. The molecule has 2 rings (SSSR count). The van der Waals surface area contributed by atoms with Crippen LogP contribution in [0.3, 0.4) is 0 Å². The average Bonchev–Trinajstić information content (AvgIpc) is 2.72. The highest BCUT2D eigenvalue weighted by atomic mass is 16.6. The third-order valence-corrected chi connectivity index (χ3v) is 3.89. The van der Waals surface area contributed by atoms with E-state index in [1.807, 2.05) is 18.2 Å². The van der Waals surface area contributed by atoms with Gasteiger partial charge in [-0.1, -0.05) is 42.5 Å². The van der Waals surface area contributed by atoms with Gasteiger partial charge in [0.15, 0.2) is 5.96 Å². The monoisotopic (exact) mass is 386 g/mol. The molecule has 0 heterocycles. The fourth-order valence-electron chi connectivity index (χ4n) is 2.45. The second kappa shape index (κ2) is 12.4. The lowest BCUT2D eigenvalue weighted by atomic mass is 10.1. The number of ether oxygens (including phenoxy) is 1. The smallest absolute Gasteiger partial charge is 0.269 e. The average molecular weight is 386 g/mol. The maximum absolute atomic E-state index is 10.7. The van der Waals surface area contributed by atoms with Crippen LogP contribution in [-0.2, 0) is 17.7 Å². The summed E-state index contributed by atoms with van der Waals surface area (Å²) in [5, 5.41) is 26.0. The van der Waals surface area contributed by atoms with Crippen LogP contribution in [0.5, 0.6) is 0 Å². The number of nitro groups is 1. The summed E-state index contributed by atoms with van der Waals surface area (Å²) in [5.41, 5.74) is 2.18. The van der Waals surface area contributed by atoms with Gasteiger partial charge in [-0.2, -0.15) is 0 Å². The minimum absolute atomic E-state index is 0.00356. The van der Waals surface area contributed by atoms with E-state index in [1.165, 1.54) is 17.7 Å². The number of nitrogens with zero attached hydrogens (tertiary/aromatic N) is 2. The highest BCUT2D eigenvalue weighted by molar-refractivity contribution is 5.79. The molecule has 3 N–H and O–H groups in total. The number of rotatable bonds is 11. The van der Waals surface area contributed by atoms with Gasteiger partial charge in [0.1, 0.15) is 0 Å². The van der Waals surface area contributed by atoms with E-state index in [2.05, 4.69) is 27.8 Å². The van der Waals surface area contributed by atoms with Crippen molar-refractivity contribution in [3.05, 3.63) is 75.8 Å². The molecule has 0 aliphatic rings. The Morgan fingerprint density at radius 1 is 1.00 bits per heavy atom. The minimum Gasteiger partial charge on any atom is -0.394 e. The molecule has 0 radical (unpaired) electrons. The molecule has 28 heavy (non-hydrogen) atoms. The van der Waals surface area contributed by atoms with Gasteiger partial charge in [0.25, 0.3) is 5.69 Å². The molecule has 2 aromatic carbocycles. The lowest BCUT2D eigenvalue weighted by molar-refractivity contribution is -0.384. The second-order valence-electron chi connectivity index (χ2n) is 6.01. The van der Waals surface area contributed by atoms with Crippen LogP contribution in [0.1, 0.15) is 11.1 Å². The van der Waals surface area contributed by atoms with Gasteiger partial charge in [-0.3, -0.25) is 10.1 Å². The predicted molar refractivity (Wildman–Crippen MR) is 108 cm³/mol. The molecule has 0 aliphatic heterocycles. The van der Waals surface area contributed by atoms with Crippen LogP contribution in [0.4, 0.5) is 5.69 Å². The first-order chi connectivity index (χ1) is 13.7. The van der Waals surface area contributed by atoms with Crippen LogP contribution in [0.2, 0.25) is 0 Å². The number of aliphatic hydroxyl groups is 1. The number of hydrogen-bond acceptors (Lipinski definition) is 5. The normalized spacial score (nSPS) is 11.2. The van der Waals surface area contributed by atoms with Crippen molar-refractivity contribution < 1.29 is 14.8 Å². The van der Waals surface area contributed by atoms with E-state index in [1.54, 1.807) is 12.1 Å². The van der Waals surface area contributed by atoms with Gasteiger partial charge < -0.3 is 20.5 Å². The number of nitro benzene ring substituents is 1. The molecule has 0 aromatic heterocycles. The van der Waals surface area contributed by atoms with E-state index in [0.717, 1.165) is 12.0 Å². The van der Waals surface area contributed by atoms with Gasteiger partial charge in [-0.25, -0.2) is 4.99 Å². The van der Waals surface area contributed by atoms with Crippen molar-refractivity contribution in [1.29, 1.82) is 0 Å². The van der Waals surface area contributed by atoms with E-state index in [-0.39, 0.29) is 12.3 Å². The van der Waals surface area contributed by atoms with Crippen LogP contribution in [0, 0.1) is 10.1 Å². The Kier molecular flexibility index (Phi) is 9.46. The number of benzene rings is 2. The van der Waals surface area contributed by atoms with Crippen molar-refractivity contribution in [3.8, 4) is 0 Å². The van der Waals surface area contributed by atoms with E-state index in [4.69, 9.17) is 9.84 Å². The molecule has 0 spiro atoms. The molecular formula is C20H26N4O4. The highest BCUT2D eigenvalue weighted by Gasteiger charge is 2.04. The van der Waals surface area contributed by atoms with Crippen LogP contribution < -0.4 is 10.6 Å². The zero-order chi connectivity index (χ0) is 20.0. The standard InChI is InChI=1S/C20H26N4O4/c25-13-15-28-14-12-22-20(21-11-10-17-4-2-1-3-5-17)23-16-18-6-8-19(9-7-18)24(26)27/h1-9,25H,10-16H2,(H2,21,22,23). The van der Waals surface area contributed by atoms with Crippen LogP contribution >= 0.6 is 0 Å². The maximum atomic E-state index is 10.7. The van der Waals surface area contributed by atoms with Crippen LogP contribution in [0.15, 0.2) is 59.6 Å². The Morgan fingerprint density at radius 2 is 1.71 bits per heavy atom. The highest BCUT2D eigenvalue weighted by Crippen LogP contribution is 2.12. The van der Waals surface area contributed by atoms with Gasteiger partial charge in [-0.15, -0.1) is 0 Å². The van der Waals surface area contributed by atoms with Crippen molar-refractivity contribution in [3.63, 3.8) is 0 Å². The molecular weight excluding hydrogens is 360 g/mol. The quantitative estimate of drug-likeness (QED) is 0.179. The summed E-state index contributed by atoms with van der Waals surface area (Å²) in [6.45, 7) is 2.42. The van der Waals surface area contributed by atoms with Crippen molar-refractivity contribution in [2.45, 2.75) is 13.0 Å². The Bertz CT molecular complexity index is 736. The van der Waals surface area contributed by atoms with E-state index >= 15 is 0 Å². The van der Waals surface area contributed by atoms with Gasteiger partial charge in [0.05, 0.1) is 31.3 Å². The molecule has 8 nitrogen and oxygen atoms in total. The first-order valence-corrected chi connectivity index (χ1v) is 9.17. The number of guanidine groups is 1. The molecule has 0 atom stereocenters. The summed E-state index contributed by atoms with van der Waals surface area (Å²) < 4.78 is 5.25. The molecule has 0 saturated carbocycles. The zero-order valence-corrected chi connectivity index (χ0v) is 15.7. The number of aliphatic hydroxyl groups excluding tert-OH is 1. The Balaban J connectivity index is 1.89. The molecule has 0 unspecified atom stereocenters. The molecule has 0 bridgehead atoms. The van der Waals surface area contributed by atoms with E-state index in [9.17, 15) is 10.1 Å². The topological polar surface area (TPSA) is 109 Å². The molecule has 0 aliphatic carbocycles. The lowest BCUT2D eigenvalue weighted by Gasteiger charge is -2.13. The number of nitrogens with one attached hydrogen (secondary N) is 2. The maximum Gasteiger partial charge on any atom is 0.269 e. The summed E-state index contributed by atoms with van der Waals surface area (Å²) in [6.07, 6.45) is 0.861. The van der Waals surface area contributed by atoms with Crippen molar-refractivity contribution in [2.75, 3.05) is 32.9 Å². The summed E-state index contributed by atoms with van der Waals surface area (Å²) in [6, 6.07) is 16.5. The molecule has 8 heteroatoms. The summed E-state index contributed by atoms with van der Waals surface area (Å²) >= 11 is 0. The molecule has 0 saturated heterocycles. The fourth-order valence-corrected chi connectivity index (χ4v) is 2.45. The van der Waals surface area contributed by atoms with Crippen molar-refractivity contribution in [2.24, 2.45) is 4.99 Å². The SMILES string of the molecule is O=[N+]([O-])c1ccc(CN=C(NCCOCCO)NCCc2ccccc2)cc1. The summed E-state index contributed by atoms with van der Waals surface area (Å²) in [7, 11) is 0. The van der Waals surface area contributed by atoms with Gasteiger partial charge in [-0.05, 0) is 17.5 Å². The number of non-ortho nitro benzene ring substituents is 1. The van der Waals surface area contributed by atoms with Gasteiger partial charge >= 0.3 is 0 Å².